The third-order valence-corrected chi connectivity index (χ3v) is 4.52. The molecule has 0 saturated carbocycles. The minimum absolute atomic E-state index is 0.0320. The fraction of sp³-hybridized carbons (Fsp3) is 0.667. The van der Waals surface area contributed by atoms with Crippen molar-refractivity contribution in [1.82, 2.24) is 15.5 Å². The first kappa shape index (κ1) is 17.9. The number of hydrogen-bond acceptors (Lipinski definition) is 5. The summed E-state index contributed by atoms with van der Waals surface area (Å²) < 4.78 is 0. The van der Waals surface area contributed by atoms with Gasteiger partial charge in [0.25, 0.3) is 5.91 Å². The molecule has 2 aliphatic rings. The van der Waals surface area contributed by atoms with E-state index in [-0.39, 0.29) is 12.8 Å². The number of nitrogens with one attached hydrogen (secondary N) is 2. The number of piperidine rings is 1. The highest BCUT2D eigenvalue weighted by Gasteiger charge is 2.46. The molecule has 2 fully saturated rings. The van der Waals surface area contributed by atoms with Crippen molar-refractivity contribution in [2.45, 2.75) is 57.2 Å². The van der Waals surface area contributed by atoms with Gasteiger partial charge in [0.2, 0.25) is 11.8 Å². The van der Waals surface area contributed by atoms with Crippen LogP contribution in [-0.2, 0) is 24.0 Å². The number of amides is 3. The second kappa shape index (κ2) is 6.58. The summed E-state index contributed by atoms with van der Waals surface area (Å²) in [6.07, 6.45) is 0.944. The normalized spacial score (nSPS) is 28.2. The number of carboxylic acid groups (broad SMARTS) is 1. The molecule has 132 valence electrons. The molecule has 0 spiro atoms. The SMILES string of the molecule is C[C@H](NC(=O)[C@]1(C)NC(=O)CCC1=O)C(=O)N1CCC[C@H]1C(=O)O. The van der Waals surface area contributed by atoms with E-state index in [1.807, 2.05) is 0 Å². The smallest absolute Gasteiger partial charge is 0.326 e. The van der Waals surface area contributed by atoms with Gasteiger partial charge in [-0.05, 0) is 26.7 Å². The minimum Gasteiger partial charge on any atom is -0.480 e. The molecule has 0 aromatic heterocycles. The van der Waals surface area contributed by atoms with Crippen LogP contribution in [0.4, 0.5) is 0 Å². The molecule has 2 aliphatic heterocycles. The first-order chi connectivity index (χ1) is 11.2. The molecule has 2 heterocycles. The minimum atomic E-state index is -1.71. The zero-order valence-corrected chi connectivity index (χ0v) is 13.6. The maximum Gasteiger partial charge on any atom is 0.326 e. The first-order valence-electron chi connectivity index (χ1n) is 7.85. The molecule has 0 aliphatic carbocycles. The summed E-state index contributed by atoms with van der Waals surface area (Å²) in [6.45, 7) is 3.04. The highest BCUT2D eigenvalue weighted by Crippen LogP contribution is 2.20. The molecule has 0 unspecified atom stereocenters. The molecule has 0 radical (unpaired) electrons. The van der Waals surface area contributed by atoms with E-state index in [9.17, 15) is 24.0 Å². The highest BCUT2D eigenvalue weighted by molar-refractivity contribution is 6.15. The van der Waals surface area contributed by atoms with Crippen LogP contribution in [0, 0.1) is 0 Å². The predicted octanol–water partition coefficient (Wildman–Crippen LogP) is -1.20. The molecule has 0 aromatic rings. The molecular formula is C15H21N3O6. The molecule has 2 rings (SSSR count). The van der Waals surface area contributed by atoms with E-state index in [4.69, 9.17) is 5.11 Å². The van der Waals surface area contributed by atoms with Crippen molar-refractivity contribution in [2.24, 2.45) is 0 Å². The van der Waals surface area contributed by atoms with E-state index in [1.165, 1.54) is 18.7 Å². The molecule has 9 heteroatoms. The van der Waals surface area contributed by atoms with E-state index < -0.39 is 47.1 Å². The molecule has 3 amide bonds. The van der Waals surface area contributed by atoms with Crippen LogP contribution in [0.15, 0.2) is 0 Å². The summed E-state index contributed by atoms with van der Waals surface area (Å²) in [5.74, 6) is -3.21. The lowest BCUT2D eigenvalue weighted by Gasteiger charge is -2.33. The van der Waals surface area contributed by atoms with Crippen molar-refractivity contribution in [3.63, 3.8) is 0 Å². The zero-order chi connectivity index (χ0) is 18.1. The standard InChI is InChI=1S/C15H21N3O6/c1-8(12(21)18-7-3-4-9(18)13(22)23)16-14(24)15(2)10(19)5-6-11(20)17-15/h8-9H,3-7H2,1-2H3,(H,16,24)(H,17,20)(H,22,23)/t8-,9-,15+/m0/s1. The van der Waals surface area contributed by atoms with Crippen LogP contribution in [-0.4, -0.2) is 63.6 Å². The van der Waals surface area contributed by atoms with Crippen molar-refractivity contribution in [1.29, 1.82) is 0 Å². The fourth-order valence-electron chi connectivity index (χ4n) is 3.01. The van der Waals surface area contributed by atoms with Gasteiger partial charge in [-0.2, -0.15) is 0 Å². The number of carboxylic acids is 1. The maximum atomic E-state index is 12.4. The Balaban J connectivity index is 2.05. The Morgan fingerprint density at radius 1 is 1.33 bits per heavy atom. The summed E-state index contributed by atoms with van der Waals surface area (Å²) in [5, 5.41) is 13.9. The lowest BCUT2D eigenvalue weighted by molar-refractivity contribution is -0.150. The predicted molar refractivity (Wildman–Crippen MR) is 80.8 cm³/mol. The van der Waals surface area contributed by atoms with Crippen molar-refractivity contribution in [3.8, 4) is 0 Å². The number of aliphatic carboxylic acids is 1. The number of ketones is 1. The van der Waals surface area contributed by atoms with Crippen LogP contribution in [0.5, 0.6) is 0 Å². The molecule has 9 nitrogen and oxygen atoms in total. The third kappa shape index (κ3) is 3.24. The number of carbonyl (C=O) groups excluding carboxylic acids is 4. The maximum absolute atomic E-state index is 12.4. The summed E-state index contributed by atoms with van der Waals surface area (Å²) >= 11 is 0. The average Bonchev–Trinajstić information content (AvgIpc) is 3.00. The van der Waals surface area contributed by atoms with Crippen LogP contribution in [0.25, 0.3) is 0 Å². The molecule has 0 aromatic carbocycles. The van der Waals surface area contributed by atoms with Gasteiger partial charge < -0.3 is 20.6 Å². The molecule has 0 bridgehead atoms. The van der Waals surface area contributed by atoms with Crippen LogP contribution in [0.1, 0.15) is 39.5 Å². The molecule has 24 heavy (non-hydrogen) atoms. The van der Waals surface area contributed by atoms with Crippen molar-refractivity contribution in [2.75, 3.05) is 6.54 Å². The lowest BCUT2D eigenvalue weighted by Crippen LogP contribution is -2.66. The topological polar surface area (TPSA) is 133 Å². The largest absolute Gasteiger partial charge is 0.480 e. The summed E-state index contributed by atoms with van der Waals surface area (Å²) in [7, 11) is 0. The van der Waals surface area contributed by atoms with Crippen LogP contribution in [0.3, 0.4) is 0 Å². The fourth-order valence-corrected chi connectivity index (χ4v) is 3.01. The monoisotopic (exact) mass is 339 g/mol. The molecule has 2 saturated heterocycles. The number of nitrogens with zero attached hydrogens (tertiary/aromatic N) is 1. The Hall–Kier alpha value is -2.45. The van der Waals surface area contributed by atoms with Crippen molar-refractivity contribution < 1.29 is 29.1 Å². The van der Waals surface area contributed by atoms with E-state index >= 15 is 0 Å². The second-order valence-electron chi connectivity index (χ2n) is 6.32. The van der Waals surface area contributed by atoms with Gasteiger partial charge in [-0.25, -0.2) is 4.79 Å². The summed E-state index contributed by atoms with van der Waals surface area (Å²) in [5.41, 5.74) is -1.71. The Bertz CT molecular complexity index is 604. The van der Waals surface area contributed by atoms with Crippen molar-refractivity contribution in [3.05, 3.63) is 0 Å². The first-order valence-corrected chi connectivity index (χ1v) is 7.85. The van der Waals surface area contributed by atoms with Crippen LogP contribution in [0.2, 0.25) is 0 Å². The Kier molecular flexibility index (Phi) is 4.91. The van der Waals surface area contributed by atoms with E-state index in [2.05, 4.69) is 10.6 Å². The third-order valence-electron chi connectivity index (χ3n) is 4.52. The Morgan fingerprint density at radius 2 is 2.00 bits per heavy atom. The van der Waals surface area contributed by atoms with Gasteiger partial charge in [-0.15, -0.1) is 0 Å². The molecule has 3 atom stereocenters. The van der Waals surface area contributed by atoms with Crippen LogP contribution < -0.4 is 10.6 Å². The van der Waals surface area contributed by atoms with Crippen LogP contribution >= 0.6 is 0 Å². The average molecular weight is 339 g/mol. The van der Waals surface area contributed by atoms with E-state index in [0.717, 1.165) is 0 Å². The quantitative estimate of drug-likeness (QED) is 0.551. The van der Waals surface area contributed by atoms with Gasteiger partial charge >= 0.3 is 5.97 Å². The van der Waals surface area contributed by atoms with Gasteiger partial charge in [0.05, 0.1) is 0 Å². The van der Waals surface area contributed by atoms with E-state index in [1.54, 1.807) is 0 Å². The highest BCUT2D eigenvalue weighted by atomic mass is 16.4. The number of carbonyl (C=O) groups is 5. The van der Waals surface area contributed by atoms with Gasteiger partial charge in [0.1, 0.15) is 12.1 Å². The summed E-state index contributed by atoms with van der Waals surface area (Å²) in [4.78, 5) is 60.7. The van der Waals surface area contributed by atoms with E-state index in [0.29, 0.717) is 19.4 Å². The molecule has 3 N–H and O–H groups in total. The Labute approximate surface area is 138 Å². The second-order valence-corrected chi connectivity index (χ2v) is 6.32. The van der Waals surface area contributed by atoms with Gasteiger partial charge in [0, 0.05) is 19.4 Å². The van der Waals surface area contributed by atoms with Gasteiger partial charge in [-0.3, -0.25) is 19.2 Å². The zero-order valence-electron chi connectivity index (χ0n) is 13.6. The number of Topliss-reactive ketones (excluding diaryl/α,β-unsaturated/α-hetero) is 1. The summed E-state index contributed by atoms with van der Waals surface area (Å²) in [6, 6.07) is -1.90. The van der Waals surface area contributed by atoms with Gasteiger partial charge in [-0.1, -0.05) is 0 Å². The number of hydrogen-bond donors (Lipinski definition) is 3. The van der Waals surface area contributed by atoms with Crippen molar-refractivity contribution >= 4 is 29.5 Å². The molecular weight excluding hydrogens is 318 g/mol. The van der Waals surface area contributed by atoms with Gasteiger partial charge in [0.15, 0.2) is 11.3 Å². The lowest BCUT2D eigenvalue weighted by atomic mass is 9.88. The number of rotatable bonds is 4. The Morgan fingerprint density at radius 3 is 2.62 bits per heavy atom. The number of likely N-dealkylation sites (tertiary alicyclic amines) is 1.